The first-order chi connectivity index (χ1) is 9.38. The number of rotatable bonds is 2. The van der Waals surface area contributed by atoms with Crippen molar-refractivity contribution in [2.24, 2.45) is 0 Å². The van der Waals surface area contributed by atoms with Crippen LogP contribution in [0.1, 0.15) is 29.7 Å². The summed E-state index contributed by atoms with van der Waals surface area (Å²) in [7, 11) is 0. The molecule has 1 aromatic heterocycles. The smallest absolute Gasteiger partial charge is 0.0915 e. The number of aromatic nitrogens is 1. The Hall–Kier alpha value is -2.27. The van der Waals surface area contributed by atoms with Crippen LogP contribution < -0.4 is 0 Å². The standard InChI is InChI=1S/C17H16N2/c18-11-9-15-7-4-8-17-16(15)10-12-19(17)13-14-5-2-1-3-6-14/h1-3,5-6,9-10,12H,4,7-8,13H2/b15-9+. The molecule has 94 valence electrons. The number of benzene rings is 1. The molecule has 0 N–H and O–H groups in total. The van der Waals surface area contributed by atoms with Crippen LogP contribution in [0, 0.1) is 11.3 Å². The van der Waals surface area contributed by atoms with E-state index in [4.69, 9.17) is 5.26 Å². The van der Waals surface area contributed by atoms with Crippen molar-refractivity contribution in [1.82, 2.24) is 4.57 Å². The van der Waals surface area contributed by atoms with Crippen LogP contribution in [0.5, 0.6) is 0 Å². The minimum Gasteiger partial charge on any atom is -0.346 e. The van der Waals surface area contributed by atoms with Crippen molar-refractivity contribution < 1.29 is 0 Å². The molecule has 1 aliphatic rings. The molecule has 0 unspecified atom stereocenters. The van der Waals surface area contributed by atoms with E-state index in [1.165, 1.54) is 22.4 Å². The molecule has 1 aliphatic carbocycles. The Morgan fingerprint density at radius 2 is 2.00 bits per heavy atom. The first-order valence-corrected chi connectivity index (χ1v) is 6.69. The number of nitriles is 1. The van der Waals surface area contributed by atoms with Crippen molar-refractivity contribution in [2.75, 3.05) is 0 Å². The van der Waals surface area contributed by atoms with Crippen LogP contribution >= 0.6 is 0 Å². The van der Waals surface area contributed by atoms with E-state index < -0.39 is 0 Å². The van der Waals surface area contributed by atoms with Gasteiger partial charge in [0.05, 0.1) is 6.07 Å². The zero-order valence-electron chi connectivity index (χ0n) is 10.8. The minimum atomic E-state index is 0.913. The molecule has 1 aromatic carbocycles. The fourth-order valence-corrected chi connectivity index (χ4v) is 2.81. The molecule has 2 aromatic rings. The molecule has 0 saturated carbocycles. The van der Waals surface area contributed by atoms with Crippen LogP contribution in [0.25, 0.3) is 5.57 Å². The highest BCUT2D eigenvalue weighted by molar-refractivity contribution is 5.71. The van der Waals surface area contributed by atoms with Gasteiger partial charge in [0.15, 0.2) is 0 Å². The first-order valence-electron chi connectivity index (χ1n) is 6.69. The number of fused-ring (bicyclic) bond motifs is 1. The summed E-state index contributed by atoms with van der Waals surface area (Å²) >= 11 is 0. The Bertz CT molecular complexity index is 642. The van der Waals surface area contributed by atoms with Crippen molar-refractivity contribution >= 4 is 5.57 Å². The molecular formula is C17H16N2. The summed E-state index contributed by atoms with van der Waals surface area (Å²) in [6.45, 7) is 0.913. The van der Waals surface area contributed by atoms with E-state index in [1.54, 1.807) is 6.08 Å². The lowest BCUT2D eigenvalue weighted by molar-refractivity contribution is 0.698. The zero-order valence-corrected chi connectivity index (χ0v) is 10.8. The maximum absolute atomic E-state index is 8.85. The summed E-state index contributed by atoms with van der Waals surface area (Å²) in [6.07, 6.45) is 7.12. The van der Waals surface area contributed by atoms with Crippen LogP contribution in [0.15, 0.2) is 48.7 Å². The van der Waals surface area contributed by atoms with E-state index in [9.17, 15) is 0 Å². The van der Waals surface area contributed by atoms with Gasteiger partial charge in [-0.3, -0.25) is 0 Å². The zero-order chi connectivity index (χ0) is 13.1. The molecule has 1 heterocycles. The lowest BCUT2D eigenvalue weighted by Gasteiger charge is -2.18. The molecule has 0 bridgehead atoms. The van der Waals surface area contributed by atoms with Crippen LogP contribution in [-0.2, 0) is 13.0 Å². The topological polar surface area (TPSA) is 28.7 Å². The third-order valence-electron chi connectivity index (χ3n) is 3.72. The highest BCUT2D eigenvalue weighted by atomic mass is 15.0. The Morgan fingerprint density at radius 3 is 2.79 bits per heavy atom. The van der Waals surface area contributed by atoms with Crippen molar-refractivity contribution in [3.05, 3.63) is 65.5 Å². The maximum Gasteiger partial charge on any atom is 0.0915 e. The number of nitrogens with zero attached hydrogens (tertiary/aromatic N) is 2. The van der Waals surface area contributed by atoms with Gasteiger partial charge in [-0.1, -0.05) is 30.3 Å². The third-order valence-corrected chi connectivity index (χ3v) is 3.72. The van der Waals surface area contributed by atoms with Crippen molar-refractivity contribution in [2.45, 2.75) is 25.8 Å². The molecule has 0 fully saturated rings. The Kier molecular flexibility index (Phi) is 3.20. The molecule has 0 aliphatic heterocycles. The van der Waals surface area contributed by atoms with Crippen molar-refractivity contribution in [3.8, 4) is 6.07 Å². The van der Waals surface area contributed by atoms with Gasteiger partial charge in [0.2, 0.25) is 0 Å². The van der Waals surface area contributed by atoms with E-state index in [1.807, 2.05) is 6.07 Å². The molecule has 2 heteroatoms. The Morgan fingerprint density at radius 1 is 1.16 bits per heavy atom. The van der Waals surface area contributed by atoms with Gasteiger partial charge in [0.1, 0.15) is 0 Å². The Balaban J connectivity index is 1.94. The van der Waals surface area contributed by atoms with E-state index in [-0.39, 0.29) is 0 Å². The number of hydrogen-bond donors (Lipinski definition) is 0. The van der Waals surface area contributed by atoms with Crippen molar-refractivity contribution in [3.63, 3.8) is 0 Å². The van der Waals surface area contributed by atoms with Gasteiger partial charge in [0.25, 0.3) is 0 Å². The lowest BCUT2D eigenvalue weighted by atomic mass is 9.92. The molecule has 2 nitrogen and oxygen atoms in total. The van der Waals surface area contributed by atoms with E-state index in [0.29, 0.717) is 0 Å². The largest absolute Gasteiger partial charge is 0.346 e. The Labute approximate surface area is 113 Å². The van der Waals surface area contributed by atoms with Gasteiger partial charge in [0, 0.05) is 24.5 Å². The molecule has 0 spiro atoms. The SMILES string of the molecule is N#C/C=C1\CCCc2c1ccn2Cc1ccccc1. The predicted molar refractivity (Wildman–Crippen MR) is 76.5 cm³/mol. The summed E-state index contributed by atoms with van der Waals surface area (Å²) in [4.78, 5) is 0. The highest BCUT2D eigenvalue weighted by Gasteiger charge is 2.17. The number of hydrogen-bond acceptors (Lipinski definition) is 1. The second-order valence-electron chi connectivity index (χ2n) is 4.94. The summed E-state index contributed by atoms with van der Waals surface area (Å²) < 4.78 is 2.31. The second kappa shape index (κ2) is 5.16. The maximum atomic E-state index is 8.85. The summed E-state index contributed by atoms with van der Waals surface area (Å²) in [5.74, 6) is 0. The van der Waals surface area contributed by atoms with Gasteiger partial charge in [-0.25, -0.2) is 0 Å². The first kappa shape index (κ1) is 11.8. The second-order valence-corrected chi connectivity index (χ2v) is 4.94. The summed E-state index contributed by atoms with van der Waals surface area (Å²) in [5, 5.41) is 8.85. The summed E-state index contributed by atoms with van der Waals surface area (Å²) in [5.41, 5.74) is 5.15. The molecule has 0 radical (unpaired) electrons. The van der Waals surface area contributed by atoms with Crippen LogP contribution in [0.4, 0.5) is 0 Å². The molecule has 0 saturated heterocycles. The minimum absolute atomic E-state index is 0.913. The van der Waals surface area contributed by atoms with Crippen LogP contribution in [0.2, 0.25) is 0 Å². The average molecular weight is 248 g/mol. The average Bonchev–Trinajstić information content (AvgIpc) is 2.85. The fourth-order valence-electron chi connectivity index (χ4n) is 2.81. The van der Waals surface area contributed by atoms with Crippen LogP contribution in [-0.4, -0.2) is 4.57 Å². The monoisotopic (exact) mass is 248 g/mol. The van der Waals surface area contributed by atoms with Gasteiger partial charge in [-0.2, -0.15) is 5.26 Å². The highest BCUT2D eigenvalue weighted by Crippen LogP contribution is 2.31. The fraction of sp³-hybridized carbons (Fsp3) is 0.235. The van der Waals surface area contributed by atoms with Gasteiger partial charge in [-0.15, -0.1) is 0 Å². The van der Waals surface area contributed by atoms with Gasteiger partial charge >= 0.3 is 0 Å². The van der Waals surface area contributed by atoms with E-state index in [0.717, 1.165) is 25.8 Å². The summed E-state index contributed by atoms with van der Waals surface area (Å²) in [6, 6.07) is 14.8. The van der Waals surface area contributed by atoms with Crippen molar-refractivity contribution in [1.29, 1.82) is 5.26 Å². The molecule has 19 heavy (non-hydrogen) atoms. The van der Waals surface area contributed by atoms with Crippen LogP contribution in [0.3, 0.4) is 0 Å². The lowest BCUT2D eigenvalue weighted by Crippen LogP contribution is -2.08. The number of allylic oxidation sites excluding steroid dienone is 2. The van der Waals surface area contributed by atoms with E-state index >= 15 is 0 Å². The molecule has 0 atom stereocenters. The van der Waals surface area contributed by atoms with E-state index in [2.05, 4.69) is 47.2 Å². The molecular weight excluding hydrogens is 232 g/mol. The van der Waals surface area contributed by atoms with Gasteiger partial charge in [-0.05, 0) is 42.0 Å². The quantitative estimate of drug-likeness (QED) is 0.743. The molecule has 0 amide bonds. The third kappa shape index (κ3) is 2.32. The van der Waals surface area contributed by atoms with Gasteiger partial charge < -0.3 is 4.57 Å². The molecule has 3 rings (SSSR count). The predicted octanol–water partition coefficient (Wildman–Crippen LogP) is 3.78. The normalized spacial score (nSPS) is 16.1.